The molecular weight excluding hydrogens is 278 g/mol. The molecule has 3 N–H and O–H groups in total. The van der Waals surface area contributed by atoms with Crippen molar-refractivity contribution in [3.8, 4) is 0 Å². The molecule has 0 fully saturated rings. The van der Waals surface area contributed by atoms with E-state index in [1.165, 1.54) is 11.3 Å². The number of nitrogens with one attached hydrogen (secondary N) is 1. The Morgan fingerprint density at radius 3 is 3.05 bits per heavy atom. The molecule has 0 unspecified atom stereocenters. The molecule has 0 bridgehead atoms. The molecule has 1 atom stereocenters. The second kappa shape index (κ2) is 6.23. The largest absolute Gasteiger partial charge is 0.459 e. The van der Waals surface area contributed by atoms with Gasteiger partial charge in [0.1, 0.15) is 0 Å². The number of nitrogens with zero attached hydrogens (tertiary/aromatic N) is 1. The first kappa shape index (κ1) is 14.7. The Morgan fingerprint density at radius 2 is 2.23 bits per heavy atom. The number of rotatable bonds is 5. The average Bonchev–Trinajstić information content (AvgIpc) is 3.10. The smallest absolute Gasteiger partial charge is 0.287 e. The lowest BCUT2D eigenvalue weighted by molar-refractivity contribution is 0.0925. The Labute approximate surface area is 130 Å². The van der Waals surface area contributed by atoms with Crippen molar-refractivity contribution in [3.63, 3.8) is 0 Å². The molecule has 0 saturated carbocycles. The maximum absolute atomic E-state index is 12.1. The molecular formula is C17H21N3O2. The van der Waals surface area contributed by atoms with Gasteiger partial charge in [0, 0.05) is 36.9 Å². The number of amides is 1. The Morgan fingerprint density at radius 1 is 1.41 bits per heavy atom. The molecule has 1 aliphatic rings. The summed E-state index contributed by atoms with van der Waals surface area (Å²) in [4.78, 5) is 14.4. The number of para-hydroxylation sites is 1. The summed E-state index contributed by atoms with van der Waals surface area (Å²) in [6.45, 7) is 3.73. The summed E-state index contributed by atoms with van der Waals surface area (Å²) in [6, 6.07) is 10.7. The molecule has 1 aromatic carbocycles. The fourth-order valence-corrected chi connectivity index (χ4v) is 2.98. The Hall–Kier alpha value is -2.27. The standard InChI is InChI=1S/C17H21N3O2/c1-12-10-13-4-2-3-5-15(13)20(12)11-14-6-9-22-16(14)17(21)19-8-7-18/h2-6,9,12H,7-8,10-11,18H2,1H3,(H,19,21)/t12-/m1/s1. The van der Waals surface area contributed by atoms with E-state index in [4.69, 9.17) is 10.2 Å². The van der Waals surface area contributed by atoms with Crippen molar-refractivity contribution in [2.75, 3.05) is 18.0 Å². The normalized spacial score (nSPS) is 16.6. The van der Waals surface area contributed by atoms with Crippen LogP contribution >= 0.6 is 0 Å². The van der Waals surface area contributed by atoms with E-state index in [-0.39, 0.29) is 5.91 Å². The van der Waals surface area contributed by atoms with Crippen LogP contribution in [0.3, 0.4) is 0 Å². The van der Waals surface area contributed by atoms with Crippen LogP contribution in [0.25, 0.3) is 0 Å². The predicted molar refractivity (Wildman–Crippen MR) is 85.9 cm³/mol. The van der Waals surface area contributed by atoms with Crippen LogP contribution in [0.1, 0.15) is 28.6 Å². The highest BCUT2D eigenvalue weighted by atomic mass is 16.3. The van der Waals surface area contributed by atoms with Gasteiger partial charge >= 0.3 is 0 Å². The molecule has 116 valence electrons. The SMILES string of the molecule is C[C@@H]1Cc2ccccc2N1Cc1ccoc1C(=O)NCCN. The van der Waals surface area contributed by atoms with Crippen LogP contribution in [0.15, 0.2) is 41.0 Å². The second-order valence-corrected chi connectivity index (χ2v) is 5.63. The zero-order valence-corrected chi connectivity index (χ0v) is 12.7. The molecule has 2 heterocycles. The van der Waals surface area contributed by atoms with Gasteiger partial charge in [0.05, 0.1) is 6.26 Å². The molecule has 0 spiro atoms. The third-order valence-electron chi connectivity index (χ3n) is 4.07. The van der Waals surface area contributed by atoms with Gasteiger partial charge < -0.3 is 20.4 Å². The lowest BCUT2D eigenvalue weighted by atomic mass is 10.1. The Kier molecular flexibility index (Phi) is 4.15. The molecule has 5 heteroatoms. The van der Waals surface area contributed by atoms with Crippen LogP contribution in [0, 0.1) is 0 Å². The van der Waals surface area contributed by atoms with Gasteiger partial charge in [-0.2, -0.15) is 0 Å². The van der Waals surface area contributed by atoms with E-state index >= 15 is 0 Å². The van der Waals surface area contributed by atoms with Crippen LogP contribution in [0.5, 0.6) is 0 Å². The molecule has 5 nitrogen and oxygen atoms in total. The molecule has 2 aromatic rings. The lowest BCUT2D eigenvalue weighted by Crippen LogP contribution is -2.32. The second-order valence-electron chi connectivity index (χ2n) is 5.63. The van der Waals surface area contributed by atoms with E-state index in [1.807, 2.05) is 12.1 Å². The van der Waals surface area contributed by atoms with Gasteiger partial charge in [0.2, 0.25) is 0 Å². The number of nitrogens with two attached hydrogens (primary N) is 1. The van der Waals surface area contributed by atoms with E-state index in [2.05, 4.69) is 35.3 Å². The summed E-state index contributed by atoms with van der Waals surface area (Å²) in [5, 5.41) is 2.75. The molecule has 0 aliphatic carbocycles. The fraction of sp³-hybridized carbons (Fsp3) is 0.353. The number of carbonyl (C=O) groups is 1. The maximum atomic E-state index is 12.1. The van der Waals surface area contributed by atoms with Crippen LogP contribution in [-0.4, -0.2) is 25.0 Å². The van der Waals surface area contributed by atoms with Crippen molar-refractivity contribution in [3.05, 3.63) is 53.5 Å². The quantitative estimate of drug-likeness (QED) is 0.885. The molecule has 22 heavy (non-hydrogen) atoms. The van der Waals surface area contributed by atoms with E-state index in [0.717, 1.165) is 12.0 Å². The average molecular weight is 299 g/mol. The maximum Gasteiger partial charge on any atom is 0.287 e. The van der Waals surface area contributed by atoms with Crippen molar-refractivity contribution in [2.24, 2.45) is 5.73 Å². The number of benzene rings is 1. The van der Waals surface area contributed by atoms with Gasteiger partial charge in [0.15, 0.2) is 5.76 Å². The van der Waals surface area contributed by atoms with Crippen LogP contribution in [-0.2, 0) is 13.0 Å². The summed E-state index contributed by atoms with van der Waals surface area (Å²) in [6.07, 6.45) is 2.60. The lowest BCUT2D eigenvalue weighted by Gasteiger charge is -2.24. The van der Waals surface area contributed by atoms with E-state index < -0.39 is 0 Å². The Balaban J connectivity index is 1.80. The highest BCUT2D eigenvalue weighted by Crippen LogP contribution is 2.33. The van der Waals surface area contributed by atoms with Crippen molar-refractivity contribution >= 4 is 11.6 Å². The topological polar surface area (TPSA) is 71.5 Å². The predicted octanol–water partition coefficient (Wildman–Crippen LogP) is 1.92. The molecule has 1 aromatic heterocycles. The van der Waals surface area contributed by atoms with Gasteiger partial charge in [-0.1, -0.05) is 18.2 Å². The third-order valence-corrected chi connectivity index (χ3v) is 4.07. The van der Waals surface area contributed by atoms with E-state index in [9.17, 15) is 4.79 Å². The first-order valence-electron chi connectivity index (χ1n) is 7.60. The monoisotopic (exact) mass is 299 g/mol. The molecule has 1 amide bonds. The number of hydrogen-bond acceptors (Lipinski definition) is 4. The minimum Gasteiger partial charge on any atom is -0.459 e. The summed E-state index contributed by atoms with van der Waals surface area (Å²) in [5.41, 5.74) is 8.91. The van der Waals surface area contributed by atoms with Crippen molar-refractivity contribution in [1.29, 1.82) is 0 Å². The zero-order chi connectivity index (χ0) is 15.5. The minimum atomic E-state index is -0.203. The summed E-state index contributed by atoms with van der Waals surface area (Å²) < 4.78 is 5.38. The third kappa shape index (κ3) is 2.72. The highest BCUT2D eigenvalue weighted by molar-refractivity contribution is 5.93. The van der Waals surface area contributed by atoms with E-state index in [0.29, 0.717) is 31.4 Å². The number of anilines is 1. The van der Waals surface area contributed by atoms with Gasteiger partial charge in [0.25, 0.3) is 5.91 Å². The van der Waals surface area contributed by atoms with Crippen LogP contribution in [0.4, 0.5) is 5.69 Å². The highest BCUT2D eigenvalue weighted by Gasteiger charge is 2.27. The minimum absolute atomic E-state index is 0.203. The fourth-order valence-electron chi connectivity index (χ4n) is 2.98. The summed E-state index contributed by atoms with van der Waals surface area (Å²) >= 11 is 0. The van der Waals surface area contributed by atoms with Crippen LogP contribution < -0.4 is 16.0 Å². The molecule has 3 rings (SSSR count). The summed E-state index contributed by atoms with van der Waals surface area (Å²) in [5.74, 6) is 0.176. The van der Waals surface area contributed by atoms with E-state index in [1.54, 1.807) is 6.26 Å². The number of hydrogen-bond donors (Lipinski definition) is 2. The zero-order valence-electron chi connectivity index (χ0n) is 12.7. The van der Waals surface area contributed by atoms with Crippen molar-refractivity contribution in [2.45, 2.75) is 25.9 Å². The molecule has 0 radical (unpaired) electrons. The summed E-state index contributed by atoms with van der Waals surface area (Å²) in [7, 11) is 0. The first-order chi connectivity index (χ1) is 10.7. The van der Waals surface area contributed by atoms with Gasteiger partial charge in [-0.3, -0.25) is 4.79 Å². The van der Waals surface area contributed by atoms with Gasteiger partial charge in [-0.05, 0) is 31.0 Å². The molecule has 1 aliphatic heterocycles. The van der Waals surface area contributed by atoms with Crippen LogP contribution in [0.2, 0.25) is 0 Å². The first-order valence-corrected chi connectivity index (χ1v) is 7.60. The van der Waals surface area contributed by atoms with Gasteiger partial charge in [-0.15, -0.1) is 0 Å². The van der Waals surface area contributed by atoms with Gasteiger partial charge in [-0.25, -0.2) is 0 Å². The number of fused-ring (bicyclic) bond motifs is 1. The Bertz CT molecular complexity index is 665. The van der Waals surface area contributed by atoms with Crippen molar-refractivity contribution in [1.82, 2.24) is 5.32 Å². The molecule has 0 saturated heterocycles. The number of carbonyl (C=O) groups excluding carboxylic acids is 1. The van der Waals surface area contributed by atoms with Crippen molar-refractivity contribution < 1.29 is 9.21 Å². The number of furan rings is 1.